The van der Waals surface area contributed by atoms with Crippen LogP contribution in [0, 0.1) is 23.7 Å². The van der Waals surface area contributed by atoms with Gasteiger partial charge in [-0.15, -0.1) is 0 Å². The molecular formula is C20H27F2N5O2. The van der Waals surface area contributed by atoms with Gasteiger partial charge in [0.2, 0.25) is 5.95 Å². The molecule has 0 bridgehead atoms. The lowest BCUT2D eigenvalue weighted by Gasteiger charge is -2.43. The van der Waals surface area contributed by atoms with Gasteiger partial charge in [-0.2, -0.15) is 5.26 Å². The molecule has 158 valence electrons. The van der Waals surface area contributed by atoms with Gasteiger partial charge < -0.3 is 15.0 Å². The molecule has 2 heterocycles. The van der Waals surface area contributed by atoms with Crippen LogP contribution < -0.4 is 10.2 Å². The topological polar surface area (TPSA) is 91.1 Å². The Hall–Kier alpha value is -2.50. The average molecular weight is 407 g/mol. The highest BCUT2D eigenvalue weighted by Crippen LogP contribution is 2.53. The van der Waals surface area contributed by atoms with Crippen molar-refractivity contribution in [3.05, 3.63) is 17.5 Å². The molecule has 1 N–H and O–H groups in total. The zero-order valence-corrected chi connectivity index (χ0v) is 17.3. The number of halogens is 2. The Morgan fingerprint density at radius 2 is 2.00 bits per heavy atom. The quantitative estimate of drug-likeness (QED) is 0.806. The molecule has 1 aromatic heterocycles. The van der Waals surface area contributed by atoms with Crippen molar-refractivity contribution in [1.82, 2.24) is 15.3 Å². The van der Waals surface area contributed by atoms with Crippen LogP contribution in [0.25, 0.3) is 0 Å². The summed E-state index contributed by atoms with van der Waals surface area (Å²) in [7, 11) is 0. The van der Waals surface area contributed by atoms with Crippen LogP contribution in [0.4, 0.5) is 19.5 Å². The second kappa shape index (κ2) is 7.39. The molecule has 1 amide bonds. The Balaban J connectivity index is 1.73. The highest BCUT2D eigenvalue weighted by Gasteiger charge is 2.57. The van der Waals surface area contributed by atoms with E-state index in [4.69, 9.17) is 10.00 Å². The minimum Gasteiger partial charge on any atom is -0.444 e. The minimum absolute atomic E-state index is 0.258. The summed E-state index contributed by atoms with van der Waals surface area (Å²) in [6.07, 6.45) is -0.356. The first-order chi connectivity index (χ1) is 13.4. The van der Waals surface area contributed by atoms with Gasteiger partial charge in [0.1, 0.15) is 17.4 Å². The van der Waals surface area contributed by atoms with Gasteiger partial charge in [0, 0.05) is 37.7 Å². The monoisotopic (exact) mass is 407 g/mol. The Morgan fingerprint density at radius 1 is 1.34 bits per heavy atom. The van der Waals surface area contributed by atoms with Gasteiger partial charge in [0.15, 0.2) is 0 Å². The number of aromatic nitrogens is 2. The number of nitriles is 1. The van der Waals surface area contributed by atoms with E-state index in [9.17, 15) is 13.6 Å². The van der Waals surface area contributed by atoms with Crippen molar-refractivity contribution in [2.45, 2.75) is 70.9 Å². The number of alkyl halides is 2. The number of piperidine rings is 1. The third-order valence-electron chi connectivity index (χ3n) is 5.54. The maximum Gasteiger partial charge on any atom is 0.407 e. The number of anilines is 1. The van der Waals surface area contributed by atoms with E-state index >= 15 is 0 Å². The summed E-state index contributed by atoms with van der Waals surface area (Å²) in [5.41, 5.74) is -0.421. The maximum atomic E-state index is 14.3. The van der Waals surface area contributed by atoms with E-state index in [-0.39, 0.29) is 18.5 Å². The molecule has 1 saturated heterocycles. The number of nitrogens with one attached hydrogen (secondary N) is 1. The van der Waals surface area contributed by atoms with Crippen molar-refractivity contribution in [1.29, 1.82) is 5.26 Å². The highest BCUT2D eigenvalue weighted by molar-refractivity contribution is 5.68. The summed E-state index contributed by atoms with van der Waals surface area (Å²) >= 11 is 0. The number of ether oxygens (including phenoxy) is 1. The van der Waals surface area contributed by atoms with Crippen molar-refractivity contribution in [2.24, 2.45) is 5.41 Å². The lowest BCUT2D eigenvalue weighted by molar-refractivity contribution is -0.00685. The second-order valence-corrected chi connectivity index (χ2v) is 9.09. The molecule has 0 aromatic carbocycles. The number of aryl methyl sites for hydroxylation is 1. The third kappa shape index (κ3) is 4.92. The fourth-order valence-corrected chi connectivity index (χ4v) is 4.31. The van der Waals surface area contributed by atoms with E-state index in [1.807, 2.05) is 11.0 Å². The van der Waals surface area contributed by atoms with Crippen molar-refractivity contribution < 1.29 is 18.3 Å². The van der Waals surface area contributed by atoms with E-state index in [2.05, 4.69) is 15.3 Å². The van der Waals surface area contributed by atoms with Gasteiger partial charge in [-0.3, -0.25) is 0 Å². The summed E-state index contributed by atoms with van der Waals surface area (Å²) in [5, 5.41) is 11.8. The SMILES string of the molecule is Cc1cc(C#N)nc(N2CCC3(CC2)CC(F)(F)C[C@H]3NC(=O)OC(C)(C)C)n1. The van der Waals surface area contributed by atoms with E-state index in [1.54, 1.807) is 33.8 Å². The van der Waals surface area contributed by atoms with Gasteiger partial charge in [0.05, 0.1) is 0 Å². The van der Waals surface area contributed by atoms with Crippen LogP contribution in [-0.4, -0.2) is 46.7 Å². The number of carbonyl (C=O) groups is 1. The zero-order valence-electron chi connectivity index (χ0n) is 17.3. The number of hydrogen-bond acceptors (Lipinski definition) is 6. The Labute approximate surface area is 169 Å². The lowest BCUT2D eigenvalue weighted by atomic mass is 9.74. The Kier molecular flexibility index (Phi) is 5.41. The predicted molar refractivity (Wildman–Crippen MR) is 103 cm³/mol. The number of carbonyl (C=O) groups excluding carboxylic acids is 1. The van der Waals surface area contributed by atoms with Crippen LogP contribution in [0.15, 0.2) is 6.07 Å². The number of nitrogens with zero attached hydrogens (tertiary/aromatic N) is 4. The molecule has 1 aliphatic carbocycles. The molecular weight excluding hydrogens is 380 g/mol. The molecule has 2 fully saturated rings. The fraction of sp³-hybridized carbons (Fsp3) is 0.700. The molecule has 9 heteroatoms. The number of hydrogen-bond donors (Lipinski definition) is 1. The summed E-state index contributed by atoms with van der Waals surface area (Å²) in [4.78, 5) is 22.7. The number of alkyl carbamates (subject to hydrolysis) is 1. The standard InChI is InChI=1S/C20H27F2N5O2/c1-13-9-14(11-23)25-16(24-13)27-7-5-19(6-8-27)12-20(21,22)10-15(19)26-17(28)29-18(2,3)4/h9,15H,5-8,10,12H2,1-4H3,(H,26,28)/t15-/m1/s1. The second-order valence-electron chi connectivity index (χ2n) is 9.09. The molecule has 1 atom stereocenters. The molecule has 1 aliphatic heterocycles. The van der Waals surface area contributed by atoms with E-state index in [1.165, 1.54) is 0 Å². The molecule has 1 aromatic rings. The van der Waals surface area contributed by atoms with E-state index in [0.29, 0.717) is 37.6 Å². The molecule has 1 spiro atoms. The van der Waals surface area contributed by atoms with Crippen LogP contribution in [0.2, 0.25) is 0 Å². The maximum absolute atomic E-state index is 14.3. The molecule has 0 unspecified atom stereocenters. The molecule has 7 nitrogen and oxygen atoms in total. The molecule has 29 heavy (non-hydrogen) atoms. The van der Waals surface area contributed by atoms with Crippen LogP contribution in [0.1, 0.15) is 57.8 Å². The molecule has 0 radical (unpaired) electrons. The average Bonchev–Trinajstić information content (AvgIpc) is 2.82. The highest BCUT2D eigenvalue weighted by atomic mass is 19.3. The van der Waals surface area contributed by atoms with Crippen molar-refractivity contribution in [2.75, 3.05) is 18.0 Å². The fourth-order valence-electron chi connectivity index (χ4n) is 4.31. The van der Waals surface area contributed by atoms with E-state index < -0.39 is 29.1 Å². The molecule has 1 saturated carbocycles. The summed E-state index contributed by atoms with van der Waals surface area (Å²) in [6.45, 7) is 7.97. The normalized spacial score (nSPS) is 22.9. The van der Waals surface area contributed by atoms with Crippen LogP contribution in [0.3, 0.4) is 0 Å². The van der Waals surface area contributed by atoms with Gasteiger partial charge in [-0.25, -0.2) is 23.5 Å². The van der Waals surface area contributed by atoms with Gasteiger partial charge >= 0.3 is 6.09 Å². The minimum atomic E-state index is -2.82. The van der Waals surface area contributed by atoms with Crippen LogP contribution in [0.5, 0.6) is 0 Å². The Morgan fingerprint density at radius 3 is 2.59 bits per heavy atom. The third-order valence-corrected chi connectivity index (χ3v) is 5.54. The molecule has 2 aliphatic rings. The first-order valence-electron chi connectivity index (χ1n) is 9.80. The van der Waals surface area contributed by atoms with Crippen molar-refractivity contribution in [3.8, 4) is 6.07 Å². The molecule has 3 rings (SSSR count). The first kappa shape index (κ1) is 21.2. The van der Waals surface area contributed by atoms with Crippen molar-refractivity contribution in [3.63, 3.8) is 0 Å². The number of amides is 1. The van der Waals surface area contributed by atoms with Crippen molar-refractivity contribution >= 4 is 12.0 Å². The van der Waals surface area contributed by atoms with Crippen LogP contribution in [-0.2, 0) is 4.74 Å². The lowest BCUT2D eigenvalue weighted by Crippen LogP contribution is -2.51. The van der Waals surface area contributed by atoms with Gasteiger partial charge in [-0.05, 0) is 52.0 Å². The zero-order chi connectivity index (χ0) is 21.4. The number of rotatable bonds is 2. The summed E-state index contributed by atoms with van der Waals surface area (Å²) < 4.78 is 33.9. The van der Waals surface area contributed by atoms with Crippen LogP contribution >= 0.6 is 0 Å². The summed E-state index contributed by atoms with van der Waals surface area (Å²) in [5.74, 6) is -2.38. The largest absolute Gasteiger partial charge is 0.444 e. The van der Waals surface area contributed by atoms with Gasteiger partial charge in [-0.1, -0.05) is 0 Å². The van der Waals surface area contributed by atoms with Gasteiger partial charge in [0.25, 0.3) is 5.92 Å². The predicted octanol–water partition coefficient (Wildman–Crippen LogP) is 3.57. The smallest absolute Gasteiger partial charge is 0.407 e. The summed E-state index contributed by atoms with van der Waals surface area (Å²) in [6, 6.07) is 2.97. The first-order valence-corrected chi connectivity index (χ1v) is 9.80. The Bertz CT molecular complexity index is 823. The van der Waals surface area contributed by atoms with E-state index in [0.717, 1.165) is 0 Å².